The van der Waals surface area contributed by atoms with Gasteiger partial charge in [0.1, 0.15) is 5.35 Å². The summed E-state index contributed by atoms with van der Waals surface area (Å²) in [4.78, 5) is 4.41. The molecule has 0 aliphatic heterocycles. The van der Waals surface area contributed by atoms with E-state index in [0.29, 0.717) is 5.89 Å². The van der Waals surface area contributed by atoms with E-state index in [-0.39, 0.29) is 0 Å². The average Bonchev–Trinajstić information content (AvgIpc) is 2.73. The van der Waals surface area contributed by atoms with Crippen molar-refractivity contribution in [3.63, 3.8) is 0 Å². The molecule has 0 bridgehead atoms. The molecule has 0 saturated carbocycles. The molecule has 0 amide bonds. The number of hydrogen-bond acceptors (Lipinski definition) is 2. The predicted molar refractivity (Wildman–Crippen MR) is 57.8 cm³/mol. The molecule has 14 heavy (non-hydrogen) atoms. The van der Waals surface area contributed by atoms with Crippen molar-refractivity contribution in [2.24, 2.45) is 0 Å². The Bertz CT molecular complexity index is 471. The molecule has 2 heteroatoms. The Morgan fingerprint density at radius 3 is 2.93 bits per heavy atom. The van der Waals surface area contributed by atoms with Gasteiger partial charge in [-0.2, -0.15) is 0 Å². The van der Waals surface area contributed by atoms with Gasteiger partial charge in [0.2, 0.25) is 5.89 Å². The van der Waals surface area contributed by atoms with Gasteiger partial charge >= 0.3 is 0 Å². The quantitative estimate of drug-likeness (QED) is 0.657. The van der Waals surface area contributed by atoms with Crippen LogP contribution < -0.4 is 10.8 Å². The summed E-state index contributed by atoms with van der Waals surface area (Å²) >= 11 is 0. The lowest BCUT2D eigenvalue weighted by Crippen LogP contribution is -2.17. The number of hydrogen-bond donors (Lipinski definition) is 0. The van der Waals surface area contributed by atoms with Gasteiger partial charge in [0, 0.05) is 5.57 Å². The van der Waals surface area contributed by atoms with E-state index in [1.54, 1.807) is 0 Å². The maximum atomic E-state index is 5.61. The van der Waals surface area contributed by atoms with Crippen LogP contribution in [0.3, 0.4) is 0 Å². The van der Waals surface area contributed by atoms with Crippen LogP contribution in [0.15, 0.2) is 22.6 Å². The second kappa shape index (κ2) is 3.66. The molecular formula is C12H13NO. The third-order valence-corrected chi connectivity index (χ3v) is 2.20. The van der Waals surface area contributed by atoms with E-state index in [9.17, 15) is 0 Å². The number of fused-ring (bicyclic) bond motifs is 1. The maximum absolute atomic E-state index is 5.61. The molecule has 0 aromatic carbocycles. The summed E-state index contributed by atoms with van der Waals surface area (Å²) in [7, 11) is 0. The largest absolute Gasteiger partial charge is 0.436 e. The fourth-order valence-electron chi connectivity index (χ4n) is 1.51. The minimum absolute atomic E-state index is 0.711. The van der Waals surface area contributed by atoms with Crippen molar-refractivity contribution in [2.75, 3.05) is 0 Å². The van der Waals surface area contributed by atoms with Crippen molar-refractivity contribution >= 4 is 17.7 Å². The summed E-state index contributed by atoms with van der Waals surface area (Å²) in [6.45, 7) is 3.97. The molecule has 0 atom stereocenters. The third kappa shape index (κ3) is 1.43. The van der Waals surface area contributed by atoms with Gasteiger partial charge in [0.15, 0.2) is 5.42 Å². The number of allylic oxidation sites excluding steroid dienone is 4. The average molecular weight is 187 g/mol. The highest BCUT2D eigenvalue weighted by atomic mass is 16.3. The Labute approximate surface area is 83.0 Å². The van der Waals surface area contributed by atoms with Crippen LogP contribution in [0.1, 0.15) is 26.2 Å². The summed E-state index contributed by atoms with van der Waals surface area (Å²) < 4.78 is 5.61. The van der Waals surface area contributed by atoms with Gasteiger partial charge < -0.3 is 4.42 Å². The molecule has 2 rings (SSSR count). The Hall–Kier alpha value is -1.57. The van der Waals surface area contributed by atoms with E-state index >= 15 is 0 Å². The van der Waals surface area contributed by atoms with Crippen LogP contribution in [0.5, 0.6) is 0 Å². The lowest BCUT2D eigenvalue weighted by atomic mass is 10.2. The summed E-state index contributed by atoms with van der Waals surface area (Å²) in [6, 6.07) is 0. The standard InChI is InChI=1S/C12H13NO/c1-3-6-9(4-2)12-13-10-7-5-8-11(10)14-12/h3-4,6-8H,5H2,1-2H3/b6-3?,9-4+. The van der Waals surface area contributed by atoms with Crippen LogP contribution in [0.25, 0.3) is 17.7 Å². The molecule has 0 saturated heterocycles. The zero-order valence-electron chi connectivity index (χ0n) is 8.45. The SMILES string of the molecule is CC=C/C(=C\C)c1nc2c(o1)=CCC=2. The van der Waals surface area contributed by atoms with Gasteiger partial charge in [0.25, 0.3) is 0 Å². The Balaban J connectivity index is 2.49. The van der Waals surface area contributed by atoms with Crippen molar-refractivity contribution in [2.45, 2.75) is 20.3 Å². The number of nitrogens with zero attached hydrogens (tertiary/aromatic N) is 1. The van der Waals surface area contributed by atoms with Gasteiger partial charge in [-0.1, -0.05) is 24.3 Å². The maximum Gasteiger partial charge on any atom is 0.226 e. The van der Waals surface area contributed by atoms with Gasteiger partial charge in [-0.15, -0.1) is 0 Å². The molecule has 0 fully saturated rings. The van der Waals surface area contributed by atoms with Gasteiger partial charge in [-0.25, -0.2) is 4.98 Å². The topological polar surface area (TPSA) is 26.0 Å². The van der Waals surface area contributed by atoms with Crippen molar-refractivity contribution in [1.29, 1.82) is 0 Å². The molecule has 1 aliphatic carbocycles. The van der Waals surface area contributed by atoms with Gasteiger partial charge in [-0.05, 0) is 26.3 Å². The van der Waals surface area contributed by atoms with Crippen molar-refractivity contribution in [3.05, 3.63) is 34.9 Å². The molecule has 1 aromatic rings. The highest BCUT2D eigenvalue weighted by molar-refractivity contribution is 5.68. The second-order valence-electron chi connectivity index (χ2n) is 3.16. The molecule has 1 aliphatic rings. The zero-order chi connectivity index (χ0) is 9.97. The first kappa shape index (κ1) is 9.00. The molecule has 0 unspecified atom stereocenters. The molecule has 1 aromatic heterocycles. The first-order valence-electron chi connectivity index (χ1n) is 4.81. The van der Waals surface area contributed by atoms with Crippen molar-refractivity contribution < 1.29 is 4.42 Å². The predicted octanol–water partition coefficient (Wildman–Crippen LogP) is 1.62. The lowest BCUT2D eigenvalue weighted by molar-refractivity contribution is 0.512. The molecular weight excluding hydrogens is 174 g/mol. The molecule has 1 heterocycles. The normalized spacial score (nSPS) is 15.4. The minimum Gasteiger partial charge on any atom is -0.436 e. The lowest BCUT2D eigenvalue weighted by Gasteiger charge is -1.92. The molecule has 0 radical (unpaired) electrons. The van der Waals surface area contributed by atoms with E-state index < -0.39 is 0 Å². The summed E-state index contributed by atoms with van der Waals surface area (Å²) in [6.07, 6.45) is 11.1. The first-order chi connectivity index (χ1) is 6.85. The third-order valence-electron chi connectivity index (χ3n) is 2.20. The van der Waals surface area contributed by atoms with E-state index in [4.69, 9.17) is 4.42 Å². The summed E-state index contributed by atoms with van der Waals surface area (Å²) in [5.41, 5.74) is 1.94. The minimum atomic E-state index is 0.711. The number of rotatable bonds is 2. The van der Waals surface area contributed by atoms with E-state index in [1.807, 2.05) is 32.1 Å². The summed E-state index contributed by atoms with van der Waals surface area (Å²) in [5.74, 6) is 0.711. The monoisotopic (exact) mass is 187 g/mol. The molecule has 0 spiro atoms. The van der Waals surface area contributed by atoms with Gasteiger partial charge in [0.05, 0.1) is 0 Å². The van der Waals surface area contributed by atoms with Crippen LogP contribution in [0.2, 0.25) is 0 Å². The van der Waals surface area contributed by atoms with Crippen LogP contribution in [0, 0.1) is 0 Å². The smallest absolute Gasteiger partial charge is 0.226 e. The van der Waals surface area contributed by atoms with Gasteiger partial charge in [-0.3, -0.25) is 0 Å². The molecule has 2 nitrogen and oxygen atoms in total. The van der Waals surface area contributed by atoms with E-state index in [0.717, 1.165) is 22.8 Å². The van der Waals surface area contributed by atoms with Crippen molar-refractivity contribution in [3.8, 4) is 0 Å². The van der Waals surface area contributed by atoms with Crippen LogP contribution in [0.4, 0.5) is 0 Å². The highest BCUT2D eigenvalue weighted by Crippen LogP contribution is 2.10. The Kier molecular flexibility index (Phi) is 2.35. The van der Waals surface area contributed by atoms with Crippen LogP contribution >= 0.6 is 0 Å². The van der Waals surface area contributed by atoms with Crippen LogP contribution in [-0.2, 0) is 0 Å². The fraction of sp³-hybridized carbons (Fsp3) is 0.250. The van der Waals surface area contributed by atoms with E-state index in [2.05, 4.69) is 17.1 Å². The second-order valence-corrected chi connectivity index (χ2v) is 3.16. The molecule has 72 valence electrons. The fourth-order valence-corrected chi connectivity index (χ4v) is 1.51. The first-order valence-corrected chi connectivity index (χ1v) is 4.81. The van der Waals surface area contributed by atoms with Crippen LogP contribution in [-0.4, -0.2) is 4.98 Å². The highest BCUT2D eigenvalue weighted by Gasteiger charge is 2.06. The van der Waals surface area contributed by atoms with Crippen molar-refractivity contribution in [1.82, 2.24) is 4.98 Å². The number of oxazole rings is 1. The zero-order valence-corrected chi connectivity index (χ0v) is 8.45. The number of aromatic nitrogens is 1. The Morgan fingerprint density at radius 2 is 2.29 bits per heavy atom. The van der Waals surface area contributed by atoms with E-state index in [1.165, 1.54) is 0 Å². The molecule has 0 N–H and O–H groups in total. The Morgan fingerprint density at radius 1 is 1.43 bits per heavy atom. The summed E-state index contributed by atoms with van der Waals surface area (Å²) in [5, 5.41) is 0.976.